The number of aliphatic hydroxyl groups excluding tert-OH is 1. The molecule has 0 fully saturated rings. The van der Waals surface area contributed by atoms with Crippen LogP contribution in [0.1, 0.15) is 38.2 Å². The average Bonchev–Trinajstić information content (AvgIpc) is 3.01. The molecule has 12 heteroatoms. The molecule has 2 aromatic rings. The first-order valence-corrected chi connectivity index (χ1v) is 14.4. The fraction of sp³-hybridized carbons (Fsp3) is 0.406. The van der Waals surface area contributed by atoms with E-state index in [4.69, 9.17) is 18.9 Å². The molecule has 2 unspecified atom stereocenters. The summed E-state index contributed by atoms with van der Waals surface area (Å²) >= 11 is 0. The molecule has 1 amide bonds. The van der Waals surface area contributed by atoms with E-state index in [9.17, 15) is 23.9 Å². The normalized spacial score (nSPS) is 15.2. The molecule has 1 heterocycles. The summed E-state index contributed by atoms with van der Waals surface area (Å²) in [5.41, 5.74) is 1.78. The standard InChI is InChI=1S/C32H40FN3O8/c1-21-27(30(38)41-3)29(23-10-9-11-24(33)18-23)28(22(2)36-21)31(39)42-16-7-8-17-43-32(40)35-15-14-34-19-25(37)20-44-26-12-5-4-6-13-26/h4-6,9-13,18,25,29,34,36-37H,7-8,14-17,19-20H2,1-3H3,(H,35,40). The van der Waals surface area contributed by atoms with Gasteiger partial charge in [0, 0.05) is 31.0 Å². The zero-order valence-corrected chi connectivity index (χ0v) is 25.2. The van der Waals surface area contributed by atoms with Crippen LogP contribution in [0.15, 0.2) is 77.1 Å². The van der Waals surface area contributed by atoms with Gasteiger partial charge in [-0.25, -0.2) is 18.8 Å². The summed E-state index contributed by atoms with van der Waals surface area (Å²) in [7, 11) is 1.24. The molecule has 4 N–H and O–H groups in total. The van der Waals surface area contributed by atoms with E-state index in [0.717, 1.165) is 0 Å². The van der Waals surface area contributed by atoms with Crippen molar-refractivity contribution in [1.82, 2.24) is 16.0 Å². The molecule has 11 nitrogen and oxygen atoms in total. The lowest BCUT2D eigenvalue weighted by atomic mass is 9.80. The van der Waals surface area contributed by atoms with Crippen molar-refractivity contribution in [2.75, 3.05) is 46.6 Å². The van der Waals surface area contributed by atoms with Gasteiger partial charge >= 0.3 is 18.0 Å². The van der Waals surface area contributed by atoms with E-state index in [0.29, 0.717) is 55.2 Å². The van der Waals surface area contributed by atoms with Crippen LogP contribution in [0.25, 0.3) is 0 Å². The number of esters is 2. The summed E-state index contributed by atoms with van der Waals surface area (Å²) in [5, 5.41) is 18.7. The van der Waals surface area contributed by atoms with Crippen molar-refractivity contribution in [3.8, 4) is 5.75 Å². The van der Waals surface area contributed by atoms with Gasteiger partial charge in [-0.1, -0.05) is 30.3 Å². The number of nitrogens with one attached hydrogen (secondary N) is 3. The number of halogens is 1. The average molecular weight is 614 g/mol. The molecule has 0 aromatic heterocycles. The quantitative estimate of drug-likeness (QED) is 0.126. The van der Waals surface area contributed by atoms with Crippen molar-refractivity contribution in [3.05, 3.63) is 88.5 Å². The van der Waals surface area contributed by atoms with Gasteiger partial charge in [-0.15, -0.1) is 0 Å². The number of carbonyl (C=O) groups is 3. The molecule has 0 aliphatic carbocycles. The van der Waals surface area contributed by atoms with Crippen LogP contribution in [0, 0.1) is 5.82 Å². The number of hydrogen-bond acceptors (Lipinski definition) is 10. The van der Waals surface area contributed by atoms with Gasteiger partial charge in [0.1, 0.15) is 24.3 Å². The molecule has 3 rings (SSSR count). The van der Waals surface area contributed by atoms with Crippen molar-refractivity contribution >= 4 is 18.0 Å². The Kier molecular flexibility index (Phi) is 13.7. The van der Waals surface area contributed by atoms with Crippen molar-refractivity contribution in [3.63, 3.8) is 0 Å². The van der Waals surface area contributed by atoms with Crippen LogP contribution in [0.4, 0.5) is 9.18 Å². The second-order valence-corrected chi connectivity index (χ2v) is 10.1. The number of carbonyl (C=O) groups excluding carboxylic acids is 3. The van der Waals surface area contributed by atoms with Gasteiger partial charge < -0.3 is 40.0 Å². The van der Waals surface area contributed by atoms with Gasteiger partial charge in [-0.3, -0.25) is 0 Å². The highest BCUT2D eigenvalue weighted by Gasteiger charge is 2.37. The maximum Gasteiger partial charge on any atom is 0.407 e. The number of unbranched alkanes of at least 4 members (excludes halogenated alkanes) is 1. The number of methoxy groups -OCH3 is 1. The number of alkyl carbamates (subject to hydrolysis) is 1. The number of dihydropyridines is 1. The molecule has 0 bridgehead atoms. The summed E-state index contributed by atoms with van der Waals surface area (Å²) in [4.78, 5) is 37.8. The van der Waals surface area contributed by atoms with E-state index in [1.807, 2.05) is 30.3 Å². The summed E-state index contributed by atoms with van der Waals surface area (Å²) in [6.07, 6.45) is -0.412. The molecular formula is C32H40FN3O8. The SMILES string of the molecule is COC(=O)C1=C(C)NC(C)=C(C(=O)OCCCCOC(=O)NCCNCC(O)COc2ccccc2)C1c1cccc(F)c1. The maximum atomic E-state index is 14.1. The van der Waals surface area contributed by atoms with E-state index in [1.165, 1.54) is 25.3 Å². The topological polar surface area (TPSA) is 144 Å². The monoisotopic (exact) mass is 613 g/mol. The highest BCUT2D eigenvalue weighted by molar-refractivity contribution is 5.99. The number of allylic oxidation sites excluding steroid dienone is 2. The van der Waals surface area contributed by atoms with Gasteiger partial charge in [0.15, 0.2) is 0 Å². The molecule has 44 heavy (non-hydrogen) atoms. The van der Waals surface area contributed by atoms with E-state index >= 15 is 0 Å². The number of para-hydroxylation sites is 1. The number of amides is 1. The third-order valence-corrected chi connectivity index (χ3v) is 6.71. The number of rotatable bonds is 16. The minimum absolute atomic E-state index is 0.0486. The Balaban J connectivity index is 1.35. The Morgan fingerprint density at radius 3 is 2.30 bits per heavy atom. The van der Waals surface area contributed by atoms with Gasteiger partial charge in [-0.05, 0) is 56.5 Å². The Morgan fingerprint density at radius 1 is 0.932 bits per heavy atom. The Bertz CT molecular complexity index is 1330. The van der Waals surface area contributed by atoms with Gasteiger partial charge in [0.25, 0.3) is 0 Å². The van der Waals surface area contributed by atoms with Crippen LogP contribution in [0.2, 0.25) is 0 Å². The third kappa shape index (κ3) is 10.4. The van der Waals surface area contributed by atoms with Crippen LogP contribution in [0.5, 0.6) is 5.75 Å². The first-order chi connectivity index (χ1) is 21.2. The molecule has 2 atom stereocenters. The smallest absolute Gasteiger partial charge is 0.407 e. The molecule has 0 saturated heterocycles. The van der Waals surface area contributed by atoms with Crippen molar-refractivity contribution in [1.29, 1.82) is 0 Å². The largest absolute Gasteiger partial charge is 0.491 e. The predicted molar refractivity (Wildman–Crippen MR) is 160 cm³/mol. The van der Waals surface area contributed by atoms with E-state index in [2.05, 4.69) is 16.0 Å². The minimum atomic E-state index is -0.876. The molecule has 1 aliphatic heterocycles. The molecule has 2 aromatic carbocycles. The minimum Gasteiger partial charge on any atom is -0.491 e. The first kappa shape index (κ1) is 34.1. The lowest BCUT2D eigenvalue weighted by molar-refractivity contribution is -0.139. The van der Waals surface area contributed by atoms with E-state index < -0.39 is 35.9 Å². The van der Waals surface area contributed by atoms with E-state index in [-0.39, 0.29) is 31.0 Å². The number of aliphatic hydroxyl groups is 1. The fourth-order valence-electron chi connectivity index (χ4n) is 4.62. The Hall–Kier alpha value is -4.42. The highest BCUT2D eigenvalue weighted by atomic mass is 19.1. The van der Waals surface area contributed by atoms with Gasteiger partial charge in [-0.2, -0.15) is 0 Å². The first-order valence-electron chi connectivity index (χ1n) is 14.4. The highest BCUT2D eigenvalue weighted by Crippen LogP contribution is 2.39. The van der Waals surface area contributed by atoms with Crippen LogP contribution in [-0.4, -0.2) is 75.8 Å². The van der Waals surface area contributed by atoms with Crippen LogP contribution in [0.3, 0.4) is 0 Å². The summed E-state index contributed by atoms with van der Waals surface area (Å²) in [6, 6.07) is 14.9. The predicted octanol–water partition coefficient (Wildman–Crippen LogP) is 3.31. The molecule has 0 radical (unpaired) electrons. The van der Waals surface area contributed by atoms with Crippen LogP contribution in [-0.2, 0) is 23.8 Å². The van der Waals surface area contributed by atoms with E-state index in [1.54, 1.807) is 19.9 Å². The zero-order chi connectivity index (χ0) is 31.9. The second-order valence-electron chi connectivity index (χ2n) is 10.1. The molecule has 238 valence electrons. The molecular weight excluding hydrogens is 573 g/mol. The number of benzene rings is 2. The second kappa shape index (κ2) is 17.6. The fourth-order valence-corrected chi connectivity index (χ4v) is 4.62. The van der Waals surface area contributed by atoms with Gasteiger partial charge in [0.2, 0.25) is 0 Å². The zero-order valence-electron chi connectivity index (χ0n) is 25.2. The van der Waals surface area contributed by atoms with Crippen LogP contribution < -0.4 is 20.7 Å². The van der Waals surface area contributed by atoms with Crippen molar-refractivity contribution in [2.24, 2.45) is 0 Å². The number of ether oxygens (including phenoxy) is 4. The van der Waals surface area contributed by atoms with Crippen LogP contribution >= 0.6 is 0 Å². The lowest BCUT2D eigenvalue weighted by Gasteiger charge is -2.30. The maximum absolute atomic E-state index is 14.1. The van der Waals surface area contributed by atoms with Crippen molar-refractivity contribution < 1.29 is 42.8 Å². The lowest BCUT2D eigenvalue weighted by Crippen LogP contribution is -2.37. The molecule has 0 saturated carbocycles. The molecule has 0 spiro atoms. The van der Waals surface area contributed by atoms with Gasteiger partial charge in [0.05, 0.1) is 37.4 Å². The number of hydrogen-bond donors (Lipinski definition) is 4. The third-order valence-electron chi connectivity index (χ3n) is 6.71. The Labute approximate surface area is 256 Å². The molecule has 1 aliphatic rings. The Morgan fingerprint density at radius 2 is 1.61 bits per heavy atom. The van der Waals surface area contributed by atoms with Crippen molar-refractivity contribution in [2.45, 2.75) is 38.7 Å². The summed E-state index contributed by atoms with van der Waals surface area (Å²) in [5.74, 6) is -1.99. The summed E-state index contributed by atoms with van der Waals surface area (Å²) in [6.45, 7) is 4.73. The summed E-state index contributed by atoms with van der Waals surface area (Å²) < 4.78 is 35.2.